The molecule has 1 aliphatic carbocycles. The topological polar surface area (TPSA) is 48.7 Å². The van der Waals surface area contributed by atoms with Crippen molar-refractivity contribution in [1.29, 1.82) is 0 Å². The zero-order chi connectivity index (χ0) is 17.5. The highest BCUT2D eigenvalue weighted by molar-refractivity contribution is 6.29. The molecule has 2 aliphatic rings. The van der Waals surface area contributed by atoms with Crippen molar-refractivity contribution in [1.82, 2.24) is 19.5 Å². The molecule has 1 saturated heterocycles. The Morgan fingerprint density at radius 1 is 0.962 bits per heavy atom. The first-order chi connectivity index (χ1) is 12.8. The number of hydrogen-bond acceptors (Lipinski definition) is 5. The van der Waals surface area contributed by atoms with E-state index < -0.39 is 0 Å². The number of rotatable bonds is 4. The van der Waals surface area contributed by atoms with Gasteiger partial charge in [-0.25, -0.2) is 9.50 Å². The second kappa shape index (κ2) is 6.45. The second-order valence-corrected chi connectivity index (χ2v) is 7.38. The Hall–Kier alpha value is -2.31. The van der Waals surface area contributed by atoms with Crippen molar-refractivity contribution in [3.05, 3.63) is 47.9 Å². The number of pyridine rings is 1. The summed E-state index contributed by atoms with van der Waals surface area (Å²) in [6.07, 6.45) is 4.30. The Morgan fingerprint density at radius 2 is 1.73 bits per heavy atom. The summed E-state index contributed by atoms with van der Waals surface area (Å²) in [5.41, 5.74) is 3.92. The number of benzene rings is 1. The summed E-state index contributed by atoms with van der Waals surface area (Å²) in [7, 11) is 0. The van der Waals surface area contributed by atoms with Gasteiger partial charge in [0.2, 0.25) is 0 Å². The molecular weight excluding hydrogens is 348 g/mol. The maximum absolute atomic E-state index is 6.14. The van der Waals surface area contributed by atoms with Gasteiger partial charge in [-0.2, -0.15) is 5.10 Å². The summed E-state index contributed by atoms with van der Waals surface area (Å²) in [4.78, 5) is 9.39. The van der Waals surface area contributed by atoms with Crippen LogP contribution in [0, 0.1) is 0 Å². The third-order valence-corrected chi connectivity index (χ3v) is 5.55. The molecule has 1 saturated carbocycles. The molecular formula is C19H21ClN6. The number of nitrogens with one attached hydrogen (secondary N) is 1. The molecule has 2 fully saturated rings. The summed E-state index contributed by atoms with van der Waals surface area (Å²) in [5, 5.41) is 8.10. The molecule has 0 bridgehead atoms. The van der Waals surface area contributed by atoms with E-state index >= 15 is 0 Å². The highest BCUT2D eigenvalue weighted by Crippen LogP contribution is 2.29. The van der Waals surface area contributed by atoms with Crippen LogP contribution < -0.4 is 10.2 Å². The van der Waals surface area contributed by atoms with Crippen molar-refractivity contribution < 1.29 is 0 Å². The first-order valence-corrected chi connectivity index (χ1v) is 9.50. The predicted molar refractivity (Wildman–Crippen MR) is 105 cm³/mol. The van der Waals surface area contributed by atoms with Gasteiger partial charge in [-0.3, -0.25) is 4.90 Å². The van der Waals surface area contributed by atoms with E-state index in [4.69, 9.17) is 11.6 Å². The molecule has 7 heteroatoms. The van der Waals surface area contributed by atoms with Crippen molar-refractivity contribution in [2.45, 2.75) is 18.9 Å². The van der Waals surface area contributed by atoms with E-state index in [2.05, 4.69) is 49.5 Å². The van der Waals surface area contributed by atoms with Crippen molar-refractivity contribution in [3.8, 4) is 0 Å². The fourth-order valence-corrected chi connectivity index (χ4v) is 3.86. The minimum Gasteiger partial charge on any atom is -0.369 e. The van der Waals surface area contributed by atoms with Gasteiger partial charge in [-0.05, 0) is 49.2 Å². The average molecular weight is 369 g/mol. The number of anilines is 3. The SMILES string of the molecule is Clc1ccc(Nc2ccc(N3CCN(C4CC4)CC3)cc2)c2ncnn12. The van der Waals surface area contributed by atoms with Crippen LogP contribution in [0.2, 0.25) is 5.15 Å². The number of aromatic nitrogens is 3. The zero-order valence-electron chi connectivity index (χ0n) is 14.5. The Labute approximate surface area is 157 Å². The monoisotopic (exact) mass is 368 g/mol. The molecule has 0 spiro atoms. The van der Waals surface area contributed by atoms with Crippen LogP contribution >= 0.6 is 11.6 Å². The minimum absolute atomic E-state index is 0.545. The normalized spacial score (nSPS) is 18.4. The molecule has 1 N–H and O–H groups in total. The molecule has 0 atom stereocenters. The Kier molecular flexibility index (Phi) is 3.94. The summed E-state index contributed by atoms with van der Waals surface area (Å²) >= 11 is 6.14. The van der Waals surface area contributed by atoms with Crippen LogP contribution in [0.1, 0.15) is 12.8 Å². The molecule has 0 amide bonds. The lowest BCUT2D eigenvalue weighted by Gasteiger charge is -2.36. The highest BCUT2D eigenvalue weighted by atomic mass is 35.5. The van der Waals surface area contributed by atoms with Gasteiger partial charge in [0.05, 0.1) is 5.69 Å². The zero-order valence-corrected chi connectivity index (χ0v) is 15.2. The largest absolute Gasteiger partial charge is 0.369 e. The van der Waals surface area contributed by atoms with Crippen molar-refractivity contribution >= 4 is 34.3 Å². The highest BCUT2D eigenvalue weighted by Gasteiger charge is 2.31. The fraction of sp³-hybridized carbons (Fsp3) is 0.368. The van der Waals surface area contributed by atoms with Crippen LogP contribution in [0.25, 0.3) is 5.65 Å². The quantitative estimate of drug-likeness (QED) is 0.715. The lowest BCUT2D eigenvalue weighted by molar-refractivity contribution is 0.248. The van der Waals surface area contributed by atoms with Crippen LogP contribution in [0.3, 0.4) is 0 Å². The maximum Gasteiger partial charge on any atom is 0.180 e. The van der Waals surface area contributed by atoms with Crippen LogP contribution in [-0.2, 0) is 0 Å². The van der Waals surface area contributed by atoms with E-state index in [9.17, 15) is 0 Å². The van der Waals surface area contributed by atoms with Gasteiger partial charge in [0.15, 0.2) is 5.65 Å². The Morgan fingerprint density at radius 3 is 2.46 bits per heavy atom. The van der Waals surface area contributed by atoms with E-state index in [1.165, 1.54) is 37.9 Å². The number of fused-ring (bicyclic) bond motifs is 1. The molecule has 3 aromatic rings. The average Bonchev–Trinajstić information content (AvgIpc) is 3.41. The van der Waals surface area contributed by atoms with E-state index in [1.807, 2.05) is 12.1 Å². The molecule has 6 nitrogen and oxygen atoms in total. The number of hydrogen-bond donors (Lipinski definition) is 1. The van der Waals surface area contributed by atoms with E-state index in [0.717, 1.165) is 36.2 Å². The van der Waals surface area contributed by atoms with E-state index in [-0.39, 0.29) is 0 Å². The van der Waals surface area contributed by atoms with Crippen LogP contribution in [0.15, 0.2) is 42.7 Å². The lowest BCUT2D eigenvalue weighted by Crippen LogP contribution is -2.47. The summed E-state index contributed by atoms with van der Waals surface area (Å²) in [6, 6.07) is 13.2. The van der Waals surface area contributed by atoms with Gasteiger partial charge in [0.1, 0.15) is 11.5 Å². The maximum atomic E-state index is 6.14. The Bertz CT molecular complexity index is 909. The number of nitrogens with zero attached hydrogens (tertiary/aromatic N) is 5. The first kappa shape index (κ1) is 15.9. The van der Waals surface area contributed by atoms with Crippen LogP contribution in [0.5, 0.6) is 0 Å². The Balaban J connectivity index is 1.29. The predicted octanol–water partition coefficient (Wildman–Crippen LogP) is 3.41. The van der Waals surface area contributed by atoms with Crippen molar-refractivity contribution in [2.75, 3.05) is 36.4 Å². The van der Waals surface area contributed by atoms with Gasteiger partial charge in [-0.1, -0.05) is 11.6 Å². The van der Waals surface area contributed by atoms with Gasteiger partial charge in [-0.15, -0.1) is 0 Å². The molecule has 26 heavy (non-hydrogen) atoms. The van der Waals surface area contributed by atoms with Gasteiger partial charge < -0.3 is 10.2 Å². The molecule has 0 unspecified atom stereocenters. The second-order valence-electron chi connectivity index (χ2n) is 6.99. The van der Waals surface area contributed by atoms with E-state index in [1.54, 1.807) is 4.52 Å². The van der Waals surface area contributed by atoms with E-state index in [0.29, 0.717) is 5.15 Å². The summed E-state index contributed by atoms with van der Waals surface area (Å²) in [6.45, 7) is 4.59. The van der Waals surface area contributed by atoms with Gasteiger partial charge >= 0.3 is 0 Å². The summed E-state index contributed by atoms with van der Waals surface area (Å²) < 4.78 is 1.62. The molecule has 1 aliphatic heterocycles. The third kappa shape index (κ3) is 2.99. The fourth-order valence-electron chi connectivity index (χ4n) is 3.67. The third-order valence-electron chi connectivity index (χ3n) is 5.27. The number of halogens is 1. The molecule has 3 heterocycles. The van der Waals surface area contributed by atoms with Gasteiger partial charge in [0.25, 0.3) is 0 Å². The first-order valence-electron chi connectivity index (χ1n) is 9.12. The standard InChI is InChI=1S/C19H21ClN6/c20-18-8-7-17(19-21-13-22-26(18)19)23-14-1-3-15(4-2-14)24-9-11-25(12-10-24)16-5-6-16/h1-4,7-8,13,16,23H,5-6,9-12H2. The molecule has 0 radical (unpaired) electrons. The minimum atomic E-state index is 0.545. The number of piperazine rings is 1. The molecule has 1 aromatic carbocycles. The molecule has 5 rings (SSSR count). The summed E-state index contributed by atoms with van der Waals surface area (Å²) in [5.74, 6) is 0. The molecule has 134 valence electrons. The van der Waals surface area contributed by atoms with Gasteiger partial charge in [0, 0.05) is 43.6 Å². The lowest BCUT2D eigenvalue weighted by atomic mass is 10.2. The van der Waals surface area contributed by atoms with Crippen LogP contribution in [-0.4, -0.2) is 51.7 Å². The van der Waals surface area contributed by atoms with Crippen LogP contribution in [0.4, 0.5) is 17.1 Å². The molecule has 2 aromatic heterocycles. The van der Waals surface area contributed by atoms with Crippen molar-refractivity contribution in [2.24, 2.45) is 0 Å². The smallest absolute Gasteiger partial charge is 0.180 e. The van der Waals surface area contributed by atoms with Crippen molar-refractivity contribution in [3.63, 3.8) is 0 Å².